The third kappa shape index (κ3) is 3.29. The van der Waals surface area contributed by atoms with Crippen molar-refractivity contribution in [2.75, 3.05) is 0 Å². The maximum Gasteiger partial charge on any atom is 0.330 e. The minimum Gasteiger partial charge on any atom is -0.311 e. The molecule has 1 rings (SSSR count). The van der Waals surface area contributed by atoms with E-state index in [2.05, 4.69) is 15.6 Å². The molecule has 0 radical (unpaired) electrons. The van der Waals surface area contributed by atoms with E-state index in [1.807, 2.05) is 0 Å². The Hall–Kier alpha value is -2.05. The largest absolute Gasteiger partial charge is 0.330 e. The molecule has 0 aromatic heterocycles. The van der Waals surface area contributed by atoms with Gasteiger partial charge in [0.25, 0.3) is 0 Å². The van der Waals surface area contributed by atoms with Crippen LogP contribution in [0.4, 0.5) is 0 Å². The molecule has 2 N–H and O–H groups in total. The lowest BCUT2D eigenvalue weighted by Crippen LogP contribution is -2.42. The number of amides is 2. The summed E-state index contributed by atoms with van der Waals surface area (Å²) in [7, 11) is 0. The van der Waals surface area contributed by atoms with Gasteiger partial charge in [-0.05, 0) is 4.99 Å². The van der Waals surface area contributed by atoms with Crippen molar-refractivity contribution in [3.63, 3.8) is 0 Å². The summed E-state index contributed by atoms with van der Waals surface area (Å²) in [6.45, 7) is 2.62. The summed E-state index contributed by atoms with van der Waals surface area (Å²) in [6, 6.07) is 0. The smallest absolute Gasteiger partial charge is 0.311 e. The van der Waals surface area contributed by atoms with Crippen molar-refractivity contribution < 1.29 is 14.3 Å². The van der Waals surface area contributed by atoms with Crippen molar-refractivity contribution in [2.24, 2.45) is 4.99 Å². The van der Waals surface area contributed by atoms with Crippen LogP contribution in [0, 0.1) is 4.91 Å². The molecular weight excluding hydrogens is 200 g/mol. The standard InChI is InChI=1S/C8H10N4O3/c1-5(13)10-7-3-8(11-6(2)14)12(15)4-9-7/h3-4,8H,1-2H3,(H-,10,11,13,14)/p+1. The topological polar surface area (TPSA) is 90.6 Å². The Morgan fingerprint density at radius 3 is 2.60 bits per heavy atom. The van der Waals surface area contributed by atoms with Crippen molar-refractivity contribution in [1.29, 1.82) is 0 Å². The molecule has 1 atom stereocenters. The van der Waals surface area contributed by atoms with Gasteiger partial charge >= 0.3 is 6.34 Å². The molecule has 1 heterocycles. The van der Waals surface area contributed by atoms with Crippen LogP contribution >= 0.6 is 0 Å². The van der Waals surface area contributed by atoms with Gasteiger partial charge in [-0.2, -0.15) is 0 Å². The highest BCUT2D eigenvalue weighted by Crippen LogP contribution is 2.01. The Balaban J connectivity index is 2.75. The number of carbonyl (C=O) groups is 2. The normalized spacial score (nSPS) is 19.5. The Morgan fingerprint density at radius 2 is 2.07 bits per heavy atom. The van der Waals surface area contributed by atoms with Crippen LogP contribution in [0.25, 0.3) is 0 Å². The zero-order chi connectivity index (χ0) is 11.4. The van der Waals surface area contributed by atoms with E-state index in [0.717, 1.165) is 6.34 Å². The van der Waals surface area contributed by atoms with Gasteiger partial charge in [0.05, 0.1) is 6.08 Å². The minimum atomic E-state index is -0.832. The highest BCUT2D eigenvalue weighted by molar-refractivity contribution is 5.76. The van der Waals surface area contributed by atoms with Gasteiger partial charge < -0.3 is 5.32 Å². The Kier molecular flexibility index (Phi) is 3.27. The second kappa shape index (κ2) is 4.45. The first kappa shape index (κ1) is 11.0. The zero-order valence-corrected chi connectivity index (χ0v) is 8.35. The fourth-order valence-electron chi connectivity index (χ4n) is 1.02. The SMILES string of the molecule is CC(=O)NC1=CC(NC(C)=O)[N+](=O)C=N1. The molecule has 0 fully saturated rings. The number of nitroso groups, excluding NO2 is 1. The molecular formula is C8H11N4O3+. The van der Waals surface area contributed by atoms with Crippen LogP contribution in [0.1, 0.15) is 13.8 Å². The van der Waals surface area contributed by atoms with Crippen LogP contribution in [-0.2, 0) is 9.59 Å². The molecule has 1 unspecified atom stereocenters. The van der Waals surface area contributed by atoms with Crippen LogP contribution in [-0.4, -0.2) is 29.1 Å². The molecule has 0 aliphatic carbocycles. The van der Waals surface area contributed by atoms with E-state index in [0.29, 0.717) is 4.76 Å². The molecule has 0 bridgehead atoms. The molecule has 80 valence electrons. The molecule has 1 aliphatic heterocycles. The number of hydrogen-bond donors (Lipinski definition) is 2. The number of nitrogens with one attached hydrogen (secondary N) is 2. The lowest BCUT2D eigenvalue weighted by atomic mass is 10.4. The van der Waals surface area contributed by atoms with Crippen LogP contribution in [0.15, 0.2) is 16.9 Å². The fourth-order valence-corrected chi connectivity index (χ4v) is 1.02. The van der Waals surface area contributed by atoms with Crippen LogP contribution in [0.3, 0.4) is 0 Å². The third-order valence-corrected chi connectivity index (χ3v) is 1.56. The summed E-state index contributed by atoms with van der Waals surface area (Å²) in [6.07, 6.45) is 1.52. The number of aliphatic imine (C=N–C) groups is 1. The molecule has 1 aliphatic rings. The predicted octanol–water partition coefficient (Wildman–Crippen LogP) is -0.753. The maximum absolute atomic E-state index is 11.2. The van der Waals surface area contributed by atoms with Gasteiger partial charge in [0.15, 0.2) is 0 Å². The van der Waals surface area contributed by atoms with Gasteiger partial charge in [0.2, 0.25) is 23.8 Å². The summed E-state index contributed by atoms with van der Waals surface area (Å²) >= 11 is 0. The van der Waals surface area contributed by atoms with E-state index in [4.69, 9.17) is 0 Å². The van der Waals surface area contributed by atoms with Crippen molar-refractivity contribution >= 4 is 18.2 Å². The molecule has 7 nitrogen and oxygen atoms in total. The Morgan fingerprint density at radius 1 is 1.40 bits per heavy atom. The van der Waals surface area contributed by atoms with Gasteiger partial charge in [-0.1, -0.05) is 4.91 Å². The van der Waals surface area contributed by atoms with Gasteiger partial charge in [-0.25, -0.2) is 0 Å². The third-order valence-electron chi connectivity index (χ3n) is 1.56. The summed E-state index contributed by atoms with van der Waals surface area (Å²) in [5, 5.41) is 4.80. The molecule has 0 aromatic carbocycles. The first-order valence-corrected chi connectivity index (χ1v) is 4.25. The highest BCUT2D eigenvalue weighted by Gasteiger charge is 2.25. The first-order valence-electron chi connectivity index (χ1n) is 4.25. The molecule has 7 heteroatoms. The van der Waals surface area contributed by atoms with Gasteiger partial charge in [0, 0.05) is 18.6 Å². The molecule has 15 heavy (non-hydrogen) atoms. The number of carbonyl (C=O) groups excluding carboxylic acids is 2. The fraction of sp³-hybridized carbons (Fsp3) is 0.375. The first-order chi connectivity index (χ1) is 6.99. The van der Waals surface area contributed by atoms with E-state index in [1.165, 1.54) is 19.9 Å². The molecule has 0 saturated carbocycles. The van der Waals surface area contributed by atoms with Gasteiger partial charge in [-0.15, -0.1) is 0 Å². The van der Waals surface area contributed by atoms with Gasteiger partial charge in [-0.3, -0.25) is 14.9 Å². The molecule has 0 spiro atoms. The lowest BCUT2D eigenvalue weighted by Gasteiger charge is -2.09. The maximum atomic E-state index is 11.2. The second-order valence-corrected chi connectivity index (χ2v) is 2.98. The van der Waals surface area contributed by atoms with E-state index >= 15 is 0 Å². The molecule has 0 saturated heterocycles. The van der Waals surface area contributed by atoms with E-state index in [1.54, 1.807) is 0 Å². The zero-order valence-electron chi connectivity index (χ0n) is 8.35. The summed E-state index contributed by atoms with van der Waals surface area (Å²) in [4.78, 5) is 36.3. The van der Waals surface area contributed by atoms with Gasteiger partial charge in [0.1, 0.15) is 0 Å². The number of nitrogens with zero attached hydrogens (tertiary/aromatic N) is 2. The summed E-state index contributed by atoms with van der Waals surface area (Å²) in [5.74, 6) is -0.387. The summed E-state index contributed by atoms with van der Waals surface area (Å²) < 4.78 is 0.479. The van der Waals surface area contributed by atoms with Crippen LogP contribution in [0.5, 0.6) is 0 Å². The van der Waals surface area contributed by atoms with E-state index in [9.17, 15) is 14.5 Å². The van der Waals surface area contributed by atoms with Crippen LogP contribution in [0.2, 0.25) is 0 Å². The quantitative estimate of drug-likeness (QED) is 0.588. The highest BCUT2D eigenvalue weighted by atomic mass is 16.3. The minimum absolute atomic E-state index is 0.244. The lowest BCUT2D eigenvalue weighted by molar-refractivity contribution is -0.460. The molecule has 2 amide bonds. The van der Waals surface area contributed by atoms with Crippen LogP contribution < -0.4 is 10.6 Å². The monoisotopic (exact) mass is 211 g/mol. The van der Waals surface area contributed by atoms with Crippen molar-refractivity contribution in [1.82, 2.24) is 10.6 Å². The van der Waals surface area contributed by atoms with E-state index < -0.39 is 6.17 Å². The van der Waals surface area contributed by atoms with E-state index in [-0.39, 0.29) is 17.6 Å². The Labute approximate surface area is 85.8 Å². The van der Waals surface area contributed by atoms with Crippen molar-refractivity contribution in [3.8, 4) is 0 Å². The second-order valence-electron chi connectivity index (χ2n) is 2.98. The summed E-state index contributed by atoms with van der Waals surface area (Å²) in [5.41, 5.74) is 0. The predicted molar refractivity (Wildman–Crippen MR) is 51.6 cm³/mol. The van der Waals surface area contributed by atoms with Crippen molar-refractivity contribution in [3.05, 3.63) is 16.8 Å². The van der Waals surface area contributed by atoms with Crippen molar-refractivity contribution in [2.45, 2.75) is 20.0 Å². The Bertz CT molecular complexity index is 372. The molecule has 0 aromatic rings. The number of rotatable bonds is 2. The average Bonchev–Trinajstić information content (AvgIpc) is 2.09. The number of hydrogen-bond acceptors (Lipinski definition) is 4. The average molecular weight is 211 g/mol.